The van der Waals surface area contributed by atoms with Crippen LogP contribution in [0.25, 0.3) is 0 Å². The molecule has 1 heterocycles. The lowest BCUT2D eigenvalue weighted by molar-refractivity contribution is 0.128. The summed E-state index contributed by atoms with van der Waals surface area (Å²) in [4.78, 5) is 0. The Morgan fingerprint density at radius 1 is 1.50 bits per heavy atom. The third-order valence-corrected chi connectivity index (χ3v) is 2.53. The van der Waals surface area contributed by atoms with Gasteiger partial charge in [0.05, 0.1) is 12.6 Å². The molecule has 1 saturated carbocycles. The summed E-state index contributed by atoms with van der Waals surface area (Å²) in [5.74, 6) is 0.625. The molecule has 0 saturated heterocycles. The van der Waals surface area contributed by atoms with Gasteiger partial charge in [-0.1, -0.05) is 5.10 Å². The highest BCUT2D eigenvalue weighted by molar-refractivity contribution is 5.16. The molecule has 6 heteroatoms. The summed E-state index contributed by atoms with van der Waals surface area (Å²) < 4.78 is 10.5. The van der Waals surface area contributed by atoms with E-state index < -0.39 is 0 Å². The maximum absolute atomic E-state index is 5.41. The lowest BCUT2D eigenvalue weighted by Gasteiger charge is -2.07. The van der Waals surface area contributed by atoms with Crippen molar-refractivity contribution in [2.24, 2.45) is 0 Å². The van der Waals surface area contributed by atoms with Gasteiger partial charge in [0.25, 0.3) is 0 Å². The van der Waals surface area contributed by atoms with Crippen LogP contribution in [0.4, 0.5) is 6.01 Å². The first-order valence-electron chi connectivity index (χ1n) is 5.60. The molecule has 0 bridgehead atoms. The van der Waals surface area contributed by atoms with Crippen molar-refractivity contribution >= 4 is 6.01 Å². The Kier molecular flexibility index (Phi) is 3.74. The van der Waals surface area contributed by atoms with Crippen molar-refractivity contribution in [1.82, 2.24) is 15.5 Å². The summed E-state index contributed by atoms with van der Waals surface area (Å²) in [6.45, 7) is 3.28. The predicted molar refractivity (Wildman–Crippen MR) is 59.1 cm³/mol. The van der Waals surface area contributed by atoms with Gasteiger partial charge in [-0.3, -0.25) is 0 Å². The Hall–Kier alpha value is -1.14. The molecule has 2 rings (SSSR count). The molecular weight excluding hydrogens is 208 g/mol. The lowest BCUT2D eigenvalue weighted by atomic mass is 10.4. The van der Waals surface area contributed by atoms with Crippen LogP contribution in [0.2, 0.25) is 0 Å². The molecule has 90 valence electrons. The molecule has 1 aliphatic rings. The van der Waals surface area contributed by atoms with Gasteiger partial charge in [-0.25, -0.2) is 0 Å². The SMILES string of the molecule is COC(C)CNc1nnc(CNC2CC2)o1. The Morgan fingerprint density at radius 3 is 3.00 bits per heavy atom. The molecule has 1 aromatic rings. The quantitative estimate of drug-likeness (QED) is 0.715. The number of hydrogen-bond donors (Lipinski definition) is 2. The summed E-state index contributed by atoms with van der Waals surface area (Å²) >= 11 is 0. The normalized spacial score (nSPS) is 17.4. The monoisotopic (exact) mass is 226 g/mol. The molecule has 0 radical (unpaired) electrons. The molecule has 1 aliphatic carbocycles. The first-order valence-corrected chi connectivity index (χ1v) is 5.60. The Bertz CT molecular complexity index is 324. The Balaban J connectivity index is 1.72. The van der Waals surface area contributed by atoms with Gasteiger partial charge in [0.2, 0.25) is 5.89 Å². The Morgan fingerprint density at radius 2 is 2.31 bits per heavy atom. The molecule has 1 aromatic heterocycles. The molecule has 16 heavy (non-hydrogen) atoms. The average Bonchev–Trinajstić information content (AvgIpc) is 3.02. The number of nitrogens with zero attached hydrogens (tertiary/aromatic N) is 2. The van der Waals surface area contributed by atoms with Crippen molar-refractivity contribution in [1.29, 1.82) is 0 Å². The number of nitrogens with one attached hydrogen (secondary N) is 2. The van der Waals surface area contributed by atoms with Crippen molar-refractivity contribution in [2.75, 3.05) is 19.0 Å². The van der Waals surface area contributed by atoms with E-state index in [1.54, 1.807) is 7.11 Å². The van der Waals surface area contributed by atoms with Crippen LogP contribution in [0.3, 0.4) is 0 Å². The fraction of sp³-hybridized carbons (Fsp3) is 0.800. The number of aromatic nitrogens is 2. The maximum atomic E-state index is 5.41. The second-order valence-electron chi connectivity index (χ2n) is 4.08. The zero-order valence-corrected chi connectivity index (χ0v) is 9.69. The van der Waals surface area contributed by atoms with E-state index >= 15 is 0 Å². The average molecular weight is 226 g/mol. The minimum Gasteiger partial charge on any atom is -0.407 e. The summed E-state index contributed by atoms with van der Waals surface area (Å²) in [6.07, 6.45) is 2.63. The molecule has 1 atom stereocenters. The van der Waals surface area contributed by atoms with Crippen LogP contribution in [-0.2, 0) is 11.3 Å². The second kappa shape index (κ2) is 5.27. The largest absolute Gasteiger partial charge is 0.407 e. The maximum Gasteiger partial charge on any atom is 0.315 e. The van der Waals surface area contributed by atoms with Crippen LogP contribution in [-0.4, -0.2) is 36.0 Å². The van der Waals surface area contributed by atoms with Crippen LogP contribution in [0, 0.1) is 0 Å². The predicted octanol–water partition coefficient (Wildman–Crippen LogP) is 0.768. The van der Waals surface area contributed by atoms with E-state index in [1.165, 1.54) is 12.8 Å². The zero-order valence-electron chi connectivity index (χ0n) is 9.69. The van der Waals surface area contributed by atoms with Gasteiger partial charge in [0, 0.05) is 19.7 Å². The topological polar surface area (TPSA) is 72.2 Å². The van der Waals surface area contributed by atoms with E-state index in [4.69, 9.17) is 9.15 Å². The van der Waals surface area contributed by atoms with Gasteiger partial charge >= 0.3 is 6.01 Å². The fourth-order valence-corrected chi connectivity index (χ4v) is 1.23. The van der Waals surface area contributed by atoms with Crippen molar-refractivity contribution in [3.63, 3.8) is 0 Å². The van der Waals surface area contributed by atoms with Crippen molar-refractivity contribution < 1.29 is 9.15 Å². The molecular formula is C10H18N4O2. The van der Waals surface area contributed by atoms with Crippen LogP contribution in [0.15, 0.2) is 4.42 Å². The van der Waals surface area contributed by atoms with E-state index in [2.05, 4.69) is 20.8 Å². The first-order chi connectivity index (χ1) is 7.78. The third kappa shape index (κ3) is 3.46. The number of methoxy groups -OCH3 is 1. The standard InChI is InChI=1S/C10H18N4O2/c1-7(15-2)5-12-10-14-13-9(16-10)6-11-8-3-4-8/h7-8,11H,3-6H2,1-2H3,(H,12,14). The smallest absolute Gasteiger partial charge is 0.315 e. The minimum atomic E-state index is 0.125. The Labute approximate surface area is 94.8 Å². The number of hydrogen-bond acceptors (Lipinski definition) is 6. The van der Waals surface area contributed by atoms with Crippen molar-refractivity contribution in [3.8, 4) is 0 Å². The highest BCUT2D eigenvalue weighted by Gasteiger charge is 2.21. The minimum absolute atomic E-state index is 0.125. The van der Waals surface area contributed by atoms with Gasteiger partial charge in [0.1, 0.15) is 0 Å². The molecule has 0 spiro atoms. The number of rotatable bonds is 7. The second-order valence-corrected chi connectivity index (χ2v) is 4.08. The van der Waals surface area contributed by atoms with Crippen LogP contribution >= 0.6 is 0 Å². The van der Waals surface area contributed by atoms with E-state index in [9.17, 15) is 0 Å². The van der Waals surface area contributed by atoms with E-state index in [0.29, 0.717) is 31.0 Å². The van der Waals surface area contributed by atoms with Crippen molar-refractivity contribution in [3.05, 3.63) is 5.89 Å². The third-order valence-electron chi connectivity index (χ3n) is 2.53. The molecule has 0 amide bonds. The van der Waals surface area contributed by atoms with Gasteiger partial charge < -0.3 is 19.8 Å². The van der Waals surface area contributed by atoms with Gasteiger partial charge in [-0.15, -0.1) is 5.10 Å². The summed E-state index contributed by atoms with van der Waals surface area (Å²) in [7, 11) is 1.67. The first kappa shape index (κ1) is 11.3. The van der Waals surface area contributed by atoms with Crippen LogP contribution in [0.1, 0.15) is 25.7 Å². The number of ether oxygens (including phenoxy) is 1. The molecule has 1 fully saturated rings. The zero-order chi connectivity index (χ0) is 11.4. The summed E-state index contributed by atoms with van der Waals surface area (Å²) in [5.41, 5.74) is 0. The fourth-order valence-electron chi connectivity index (χ4n) is 1.23. The highest BCUT2D eigenvalue weighted by atomic mass is 16.5. The van der Waals surface area contributed by atoms with Crippen LogP contribution in [0.5, 0.6) is 0 Å². The van der Waals surface area contributed by atoms with Crippen LogP contribution < -0.4 is 10.6 Å². The van der Waals surface area contributed by atoms with E-state index in [1.807, 2.05) is 6.92 Å². The lowest BCUT2D eigenvalue weighted by Crippen LogP contribution is -2.18. The summed E-state index contributed by atoms with van der Waals surface area (Å²) in [5, 5.41) is 14.2. The molecule has 2 N–H and O–H groups in total. The molecule has 6 nitrogen and oxygen atoms in total. The molecule has 0 aliphatic heterocycles. The number of anilines is 1. The summed E-state index contributed by atoms with van der Waals surface area (Å²) in [6, 6.07) is 1.10. The van der Waals surface area contributed by atoms with E-state index in [0.717, 1.165) is 0 Å². The van der Waals surface area contributed by atoms with Gasteiger partial charge in [-0.2, -0.15) is 0 Å². The van der Waals surface area contributed by atoms with E-state index in [-0.39, 0.29) is 6.10 Å². The highest BCUT2D eigenvalue weighted by Crippen LogP contribution is 2.19. The van der Waals surface area contributed by atoms with Crippen molar-refractivity contribution in [2.45, 2.75) is 38.5 Å². The molecule has 1 unspecified atom stereocenters. The van der Waals surface area contributed by atoms with Gasteiger partial charge in [-0.05, 0) is 19.8 Å². The van der Waals surface area contributed by atoms with Gasteiger partial charge in [0.15, 0.2) is 0 Å². The molecule has 0 aromatic carbocycles.